The Morgan fingerprint density at radius 2 is 2.12 bits per heavy atom. The number of carbonyl (C=O) groups excluding carboxylic acids is 2. The minimum atomic E-state index is -0.392. The third-order valence-corrected chi connectivity index (χ3v) is 2.84. The first-order valence-electron chi connectivity index (χ1n) is 5.87. The van der Waals surface area contributed by atoms with E-state index in [4.69, 9.17) is 0 Å². The molecule has 3 nitrogen and oxygen atoms in total. The molecule has 1 heterocycles. The molecule has 1 unspecified atom stereocenters. The third kappa shape index (κ3) is 3.80. The van der Waals surface area contributed by atoms with Gasteiger partial charge in [0, 0.05) is 0 Å². The molecule has 1 rings (SSSR count). The smallest absolute Gasteiger partial charge is 0.317 e. The van der Waals surface area contributed by atoms with Crippen LogP contribution in [-0.2, 0) is 14.3 Å². The molecule has 1 saturated heterocycles. The van der Waals surface area contributed by atoms with Crippen LogP contribution in [0, 0.1) is 11.3 Å². The Bertz CT molecular complexity index is 302. The molecule has 0 radical (unpaired) electrons. The van der Waals surface area contributed by atoms with Gasteiger partial charge in [0.05, 0.1) is 12.3 Å². The molecule has 3 heteroatoms. The Balaban J connectivity index is 2.42. The molecule has 0 saturated carbocycles. The topological polar surface area (TPSA) is 43.4 Å². The largest absolute Gasteiger partial charge is 0.393 e. The molecule has 1 aliphatic rings. The molecule has 1 aliphatic heterocycles. The molecule has 90 valence electrons. The minimum Gasteiger partial charge on any atom is -0.393 e. The van der Waals surface area contributed by atoms with Crippen LogP contribution in [0.5, 0.6) is 0 Å². The number of hydrogen-bond acceptors (Lipinski definition) is 3. The molecule has 0 N–H and O–H groups in total. The van der Waals surface area contributed by atoms with E-state index in [0.29, 0.717) is 6.42 Å². The highest BCUT2D eigenvalue weighted by molar-refractivity contribution is 5.94. The highest BCUT2D eigenvalue weighted by Crippen LogP contribution is 2.26. The van der Waals surface area contributed by atoms with Crippen LogP contribution in [0.4, 0.5) is 0 Å². The van der Waals surface area contributed by atoms with E-state index in [1.54, 1.807) is 0 Å². The van der Waals surface area contributed by atoms with Crippen LogP contribution >= 0.6 is 0 Å². The van der Waals surface area contributed by atoms with E-state index in [1.165, 1.54) is 0 Å². The number of esters is 2. The normalized spacial score (nSPS) is 21.8. The highest BCUT2D eigenvalue weighted by atomic mass is 16.6. The van der Waals surface area contributed by atoms with E-state index in [0.717, 1.165) is 12.8 Å². The summed E-state index contributed by atoms with van der Waals surface area (Å²) >= 11 is 0. The summed E-state index contributed by atoms with van der Waals surface area (Å²) in [5, 5.41) is 0. The monoisotopic (exact) mass is 224 g/mol. The van der Waals surface area contributed by atoms with Gasteiger partial charge < -0.3 is 4.74 Å². The molecule has 0 aromatic carbocycles. The average Bonchev–Trinajstić information content (AvgIpc) is 2.44. The quantitative estimate of drug-likeness (QED) is 0.409. The van der Waals surface area contributed by atoms with Crippen molar-refractivity contribution in [3.05, 3.63) is 12.2 Å². The first-order chi connectivity index (χ1) is 7.44. The lowest BCUT2D eigenvalue weighted by Crippen LogP contribution is -2.08. The summed E-state index contributed by atoms with van der Waals surface area (Å²) in [5.41, 5.74) is 0.168. The number of cyclic esters (lactones) is 2. The van der Waals surface area contributed by atoms with Crippen molar-refractivity contribution >= 4 is 11.9 Å². The van der Waals surface area contributed by atoms with Crippen LogP contribution in [0.25, 0.3) is 0 Å². The zero-order valence-electron chi connectivity index (χ0n) is 10.3. The second kappa shape index (κ2) is 5.28. The van der Waals surface area contributed by atoms with Gasteiger partial charge in [-0.2, -0.15) is 0 Å². The van der Waals surface area contributed by atoms with Crippen LogP contribution in [-0.4, -0.2) is 11.9 Å². The van der Waals surface area contributed by atoms with Crippen LogP contribution in [0.15, 0.2) is 12.2 Å². The lowest BCUT2D eigenvalue weighted by atomic mass is 9.87. The molecule has 0 aromatic rings. The summed E-state index contributed by atoms with van der Waals surface area (Å²) in [6, 6.07) is 0. The van der Waals surface area contributed by atoms with E-state index in [-0.39, 0.29) is 23.7 Å². The lowest BCUT2D eigenvalue weighted by Gasteiger charge is -2.18. The predicted molar refractivity (Wildman–Crippen MR) is 61.7 cm³/mol. The van der Waals surface area contributed by atoms with Gasteiger partial charge in [0.1, 0.15) is 0 Å². The summed E-state index contributed by atoms with van der Waals surface area (Å²) in [4.78, 5) is 22.0. The number of allylic oxidation sites excluding steroid dienone is 2. The van der Waals surface area contributed by atoms with E-state index in [9.17, 15) is 9.59 Å². The molecule has 1 atom stereocenters. The van der Waals surface area contributed by atoms with Crippen molar-refractivity contribution in [2.24, 2.45) is 11.3 Å². The number of carbonyl (C=O) groups is 2. The maximum absolute atomic E-state index is 11.2. The lowest BCUT2D eigenvalue weighted by molar-refractivity contribution is -0.153. The summed E-state index contributed by atoms with van der Waals surface area (Å²) in [6.07, 6.45) is 7.24. The van der Waals surface area contributed by atoms with Crippen LogP contribution < -0.4 is 0 Å². The minimum absolute atomic E-state index is 0.168. The zero-order chi connectivity index (χ0) is 12.2. The molecule has 0 bridgehead atoms. The van der Waals surface area contributed by atoms with Gasteiger partial charge in [-0.1, -0.05) is 39.3 Å². The van der Waals surface area contributed by atoms with Gasteiger partial charge in [0.2, 0.25) is 0 Å². The van der Waals surface area contributed by atoms with E-state index in [1.807, 2.05) is 6.08 Å². The maximum atomic E-state index is 11.2. The van der Waals surface area contributed by atoms with E-state index in [2.05, 4.69) is 31.6 Å². The number of ether oxygens (including phenoxy) is 1. The van der Waals surface area contributed by atoms with Crippen molar-refractivity contribution in [1.29, 1.82) is 0 Å². The fourth-order valence-electron chi connectivity index (χ4n) is 1.98. The van der Waals surface area contributed by atoms with Crippen molar-refractivity contribution in [2.45, 2.75) is 46.5 Å². The molecule has 0 amide bonds. The van der Waals surface area contributed by atoms with E-state index >= 15 is 0 Å². The van der Waals surface area contributed by atoms with Crippen molar-refractivity contribution in [1.82, 2.24) is 0 Å². The Labute approximate surface area is 96.9 Å². The molecule has 0 spiro atoms. The van der Waals surface area contributed by atoms with Gasteiger partial charge in [-0.15, -0.1) is 0 Å². The first kappa shape index (κ1) is 12.9. The molecular formula is C13H20O3. The maximum Gasteiger partial charge on any atom is 0.317 e. The molecular weight excluding hydrogens is 204 g/mol. The standard InChI is InChI=1S/C13H20O3/c1-4-7-13(2,3)8-5-6-10-9-11(14)16-12(10)15/h5,8,10H,4,6-7,9H2,1-3H3/b8-5+. The van der Waals surface area contributed by atoms with Crippen molar-refractivity contribution in [3.8, 4) is 0 Å². The van der Waals surface area contributed by atoms with Gasteiger partial charge in [-0.3, -0.25) is 9.59 Å². The zero-order valence-corrected chi connectivity index (χ0v) is 10.3. The molecule has 16 heavy (non-hydrogen) atoms. The summed E-state index contributed by atoms with van der Waals surface area (Å²) < 4.78 is 4.49. The van der Waals surface area contributed by atoms with Gasteiger partial charge in [-0.05, 0) is 18.3 Å². The second-order valence-corrected chi connectivity index (χ2v) is 5.07. The average molecular weight is 224 g/mol. The third-order valence-electron chi connectivity index (χ3n) is 2.84. The van der Waals surface area contributed by atoms with Crippen molar-refractivity contribution in [3.63, 3.8) is 0 Å². The van der Waals surface area contributed by atoms with Crippen molar-refractivity contribution in [2.75, 3.05) is 0 Å². The fraction of sp³-hybridized carbons (Fsp3) is 0.692. The Kier molecular flexibility index (Phi) is 4.27. The van der Waals surface area contributed by atoms with Gasteiger partial charge in [0.25, 0.3) is 0 Å². The van der Waals surface area contributed by atoms with E-state index < -0.39 is 5.97 Å². The van der Waals surface area contributed by atoms with Gasteiger partial charge in [0.15, 0.2) is 0 Å². The summed E-state index contributed by atoms with van der Waals surface area (Å²) in [6.45, 7) is 6.50. The van der Waals surface area contributed by atoms with Crippen LogP contribution in [0.1, 0.15) is 46.5 Å². The highest BCUT2D eigenvalue weighted by Gasteiger charge is 2.32. The molecule has 0 aromatic heterocycles. The van der Waals surface area contributed by atoms with Crippen LogP contribution in [0.2, 0.25) is 0 Å². The van der Waals surface area contributed by atoms with Gasteiger partial charge >= 0.3 is 11.9 Å². The predicted octanol–water partition coefficient (Wildman–Crippen LogP) is 2.85. The van der Waals surface area contributed by atoms with Gasteiger partial charge in [-0.25, -0.2) is 0 Å². The molecule has 0 aliphatic carbocycles. The molecule has 1 fully saturated rings. The summed E-state index contributed by atoms with van der Waals surface area (Å²) in [5.74, 6) is -1.03. The SMILES string of the molecule is CCCC(C)(C)/C=C/CC1CC(=O)OC1=O. The Morgan fingerprint density at radius 3 is 2.62 bits per heavy atom. The number of hydrogen-bond donors (Lipinski definition) is 0. The fourth-order valence-corrected chi connectivity index (χ4v) is 1.98. The number of rotatable bonds is 5. The van der Waals surface area contributed by atoms with Crippen LogP contribution in [0.3, 0.4) is 0 Å². The second-order valence-electron chi connectivity index (χ2n) is 5.07. The Hall–Kier alpha value is -1.12. The first-order valence-corrected chi connectivity index (χ1v) is 5.87. The summed E-state index contributed by atoms with van der Waals surface area (Å²) in [7, 11) is 0. The van der Waals surface area contributed by atoms with Crippen molar-refractivity contribution < 1.29 is 14.3 Å². The Morgan fingerprint density at radius 1 is 1.44 bits per heavy atom.